The van der Waals surface area contributed by atoms with Crippen LogP contribution in [0, 0.1) is 12.8 Å². The van der Waals surface area contributed by atoms with Crippen LogP contribution in [0.5, 0.6) is 5.75 Å². The number of halogens is 1. The van der Waals surface area contributed by atoms with Crippen LogP contribution in [0.25, 0.3) is 0 Å². The first-order valence-corrected chi connectivity index (χ1v) is 12.5. The van der Waals surface area contributed by atoms with Crippen LogP contribution < -0.4 is 10.1 Å². The van der Waals surface area contributed by atoms with Gasteiger partial charge in [-0.3, -0.25) is 4.99 Å². The van der Waals surface area contributed by atoms with Crippen LogP contribution in [0.1, 0.15) is 54.0 Å². The molecule has 0 saturated carbocycles. The minimum absolute atomic E-state index is 0.303. The van der Waals surface area contributed by atoms with Crippen LogP contribution >= 0.6 is 15.9 Å². The molecule has 0 saturated heterocycles. The Morgan fingerprint density at radius 3 is 2.76 bits per heavy atom. The number of allylic oxidation sites excluding steroid dienone is 2. The van der Waals surface area contributed by atoms with E-state index in [-0.39, 0.29) is 0 Å². The molecule has 0 bridgehead atoms. The molecule has 2 aliphatic rings. The molecule has 1 heterocycles. The molecule has 3 atom stereocenters. The third kappa shape index (κ3) is 4.63. The van der Waals surface area contributed by atoms with Crippen molar-refractivity contribution < 1.29 is 4.74 Å². The summed E-state index contributed by atoms with van der Waals surface area (Å²) in [6, 6.07) is 21.8. The van der Waals surface area contributed by atoms with E-state index in [0.29, 0.717) is 24.5 Å². The molecule has 4 heteroatoms. The third-order valence-corrected chi connectivity index (χ3v) is 7.05. The number of nitrogens with zero attached hydrogens (tertiary/aromatic N) is 1. The Hall–Kier alpha value is -2.85. The number of hydrogen-bond acceptors (Lipinski definition) is 3. The van der Waals surface area contributed by atoms with E-state index in [0.717, 1.165) is 34.3 Å². The first-order chi connectivity index (χ1) is 16.1. The molecule has 0 amide bonds. The minimum Gasteiger partial charge on any atom is -0.493 e. The highest BCUT2D eigenvalue weighted by molar-refractivity contribution is 9.10. The van der Waals surface area contributed by atoms with E-state index in [9.17, 15) is 0 Å². The highest BCUT2D eigenvalue weighted by Crippen LogP contribution is 2.50. The zero-order chi connectivity index (χ0) is 22.8. The fourth-order valence-corrected chi connectivity index (χ4v) is 5.30. The lowest BCUT2D eigenvalue weighted by atomic mass is 9.76. The summed E-state index contributed by atoms with van der Waals surface area (Å²) in [5.74, 6) is 1.90. The average molecular weight is 501 g/mol. The maximum absolute atomic E-state index is 5.88. The lowest BCUT2D eigenvalue weighted by molar-refractivity contribution is 0.317. The number of hydrogen-bond donors (Lipinski definition) is 1. The van der Waals surface area contributed by atoms with Gasteiger partial charge in [-0.15, -0.1) is 0 Å². The third-order valence-electron chi connectivity index (χ3n) is 6.56. The number of aryl methyl sites for hydroxylation is 1. The van der Waals surface area contributed by atoms with Gasteiger partial charge in [0.1, 0.15) is 5.75 Å². The van der Waals surface area contributed by atoms with Crippen LogP contribution in [0.2, 0.25) is 0 Å². The van der Waals surface area contributed by atoms with E-state index in [2.05, 4.69) is 89.7 Å². The number of aliphatic imine (C=N–C) groups is 1. The summed E-state index contributed by atoms with van der Waals surface area (Å²) in [6.07, 6.45) is 8.71. The zero-order valence-corrected chi connectivity index (χ0v) is 20.7. The van der Waals surface area contributed by atoms with Crippen molar-refractivity contribution in [3.63, 3.8) is 0 Å². The van der Waals surface area contributed by atoms with Gasteiger partial charge in [0, 0.05) is 27.9 Å². The molecule has 168 valence electrons. The maximum Gasteiger partial charge on any atom is 0.128 e. The number of ether oxygens (including phenoxy) is 1. The zero-order valence-electron chi connectivity index (χ0n) is 19.1. The van der Waals surface area contributed by atoms with Crippen molar-refractivity contribution in [2.24, 2.45) is 10.9 Å². The van der Waals surface area contributed by atoms with Gasteiger partial charge >= 0.3 is 0 Å². The van der Waals surface area contributed by atoms with Gasteiger partial charge in [0.15, 0.2) is 0 Å². The molecule has 3 aromatic rings. The van der Waals surface area contributed by atoms with Crippen molar-refractivity contribution in [3.8, 4) is 5.75 Å². The number of rotatable bonds is 6. The smallest absolute Gasteiger partial charge is 0.128 e. The molecular weight excluding hydrogens is 472 g/mol. The van der Waals surface area contributed by atoms with Crippen LogP contribution in [0.3, 0.4) is 0 Å². The van der Waals surface area contributed by atoms with Gasteiger partial charge in [-0.1, -0.05) is 64.8 Å². The molecule has 0 spiro atoms. The van der Waals surface area contributed by atoms with Crippen molar-refractivity contribution >= 4 is 33.5 Å². The van der Waals surface area contributed by atoms with Gasteiger partial charge in [-0.25, -0.2) is 0 Å². The Bertz CT molecular complexity index is 1200. The van der Waals surface area contributed by atoms with Gasteiger partial charge in [-0.05, 0) is 73.2 Å². The van der Waals surface area contributed by atoms with Crippen molar-refractivity contribution in [2.45, 2.75) is 38.6 Å². The Morgan fingerprint density at radius 1 is 1.09 bits per heavy atom. The summed E-state index contributed by atoms with van der Waals surface area (Å²) in [5.41, 5.74) is 7.24. The van der Waals surface area contributed by atoms with Gasteiger partial charge in [-0.2, -0.15) is 0 Å². The molecule has 0 fully saturated rings. The molecule has 33 heavy (non-hydrogen) atoms. The van der Waals surface area contributed by atoms with E-state index in [1.807, 2.05) is 24.4 Å². The summed E-state index contributed by atoms with van der Waals surface area (Å²) in [4.78, 5) is 4.73. The molecule has 0 aromatic heterocycles. The predicted molar refractivity (Wildman–Crippen MR) is 141 cm³/mol. The summed E-state index contributed by atoms with van der Waals surface area (Å²) >= 11 is 3.55. The van der Waals surface area contributed by atoms with Crippen molar-refractivity contribution in [1.29, 1.82) is 0 Å². The van der Waals surface area contributed by atoms with Gasteiger partial charge < -0.3 is 10.1 Å². The molecule has 3 aromatic carbocycles. The van der Waals surface area contributed by atoms with Gasteiger partial charge in [0.25, 0.3) is 0 Å². The largest absolute Gasteiger partial charge is 0.493 e. The quantitative estimate of drug-likeness (QED) is 0.273. The average Bonchev–Trinajstić information content (AvgIpc) is 3.32. The maximum atomic E-state index is 5.88. The predicted octanol–water partition coefficient (Wildman–Crippen LogP) is 8.12. The van der Waals surface area contributed by atoms with Crippen LogP contribution in [0.15, 0.2) is 82.3 Å². The molecule has 0 radical (unpaired) electrons. The van der Waals surface area contributed by atoms with E-state index >= 15 is 0 Å². The summed E-state index contributed by atoms with van der Waals surface area (Å²) in [7, 11) is 0. The molecule has 1 aliphatic carbocycles. The van der Waals surface area contributed by atoms with Crippen LogP contribution in [0.4, 0.5) is 11.4 Å². The lowest BCUT2D eigenvalue weighted by Crippen LogP contribution is -2.29. The molecule has 3 nitrogen and oxygen atoms in total. The van der Waals surface area contributed by atoms with Crippen molar-refractivity contribution in [1.82, 2.24) is 0 Å². The molecular formula is C29H29BrN2O. The van der Waals surface area contributed by atoms with E-state index in [4.69, 9.17) is 9.73 Å². The van der Waals surface area contributed by atoms with Crippen molar-refractivity contribution in [3.05, 3.63) is 99.5 Å². The standard InChI is InChI=1S/C29H29BrN2O/c1-3-15-33-28-14-10-22(30)17-21(28)18-31-23-11-8-20(9-12-23)29-25-6-4-5-24(25)26-16-19(2)7-13-27(26)32-29/h4-5,7-14,16-18,24-25,29,32H,3,6,15H2,1-2H3/t24-,25-,29+/m1/s1. The normalized spacial score (nSPS) is 21.0. The van der Waals surface area contributed by atoms with Crippen molar-refractivity contribution in [2.75, 3.05) is 11.9 Å². The van der Waals surface area contributed by atoms with Gasteiger partial charge in [0.2, 0.25) is 0 Å². The minimum atomic E-state index is 0.303. The second kappa shape index (κ2) is 9.56. The van der Waals surface area contributed by atoms with Gasteiger partial charge in [0.05, 0.1) is 18.3 Å². The SMILES string of the molecule is CCCOc1ccc(Br)cc1C=Nc1ccc([C@@H]2Nc3ccc(C)cc3[C@@H]3C=CC[C@H]32)cc1. The highest BCUT2D eigenvalue weighted by Gasteiger charge is 2.37. The number of nitrogens with one attached hydrogen (secondary N) is 1. The fourth-order valence-electron chi connectivity index (χ4n) is 4.92. The Morgan fingerprint density at radius 2 is 1.94 bits per heavy atom. The lowest BCUT2D eigenvalue weighted by Gasteiger charge is -2.37. The second-order valence-corrected chi connectivity index (χ2v) is 9.86. The highest BCUT2D eigenvalue weighted by atomic mass is 79.9. The Labute approximate surface area is 204 Å². The molecule has 1 aliphatic heterocycles. The van der Waals surface area contributed by atoms with E-state index < -0.39 is 0 Å². The first-order valence-electron chi connectivity index (χ1n) is 11.7. The monoisotopic (exact) mass is 500 g/mol. The number of benzene rings is 3. The summed E-state index contributed by atoms with van der Waals surface area (Å²) < 4.78 is 6.89. The summed E-state index contributed by atoms with van der Waals surface area (Å²) in [6.45, 7) is 4.98. The second-order valence-electron chi connectivity index (χ2n) is 8.95. The Balaban J connectivity index is 1.36. The van der Waals surface area contributed by atoms with E-state index in [1.54, 1.807) is 0 Å². The van der Waals surface area contributed by atoms with Crippen LogP contribution in [-0.2, 0) is 0 Å². The van der Waals surface area contributed by atoms with Crippen LogP contribution in [-0.4, -0.2) is 12.8 Å². The molecule has 0 unspecified atom stereocenters. The fraction of sp³-hybridized carbons (Fsp3) is 0.276. The first kappa shape index (κ1) is 22.0. The molecule has 1 N–H and O–H groups in total. The number of anilines is 1. The topological polar surface area (TPSA) is 33.6 Å². The summed E-state index contributed by atoms with van der Waals surface area (Å²) in [5, 5.41) is 3.82. The molecule has 5 rings (SSSR count). The number of fused-ring (bicyclic) bond motifs is 3. The Kier molecular flexibility index (Phi) is 6.37. The van der Waals surface area contributed by atoms with E-state index in [1.165, 1.54) is 22.4 Å².